The number of carbonyl (C=O) groups is 1. The normalized spacial score (nSPS) is 8.67. The summed E-state index contributed by atoms with van der Waals surface area (Å²) in [4.78, 5) is 11.0. The lowest BCUT2D eigenvalue weighted by Crippen LogP contribution is -2.25. The molecule has 4 nitrogen and oxygen atoms in total. The molecule has 0 saturated carbocycles. The van der Waals surface area contributed by atoms with Crippen LogP contribution in [-0.4, -0.2) is 25.8 Å². The molecule has 0 aliphatic rings. The number of hydrogen-bond acceptors (Lipinski definition) is 3. The average Bonchev–Trinajstić information content (AvgIpc) is 2.22. The second kappa shape index (κ2) is 9.10. The quantitative estimate of drug-likeness (QED) is 0.526. The van der Waals surface area contributed by atoms with Gasteiger partial charge in [0.05, 0.1) is 6.54 Å². The number of alkyl carbamates (subject to hydrolysis) is 1. The van der Waals surface area contributed by atoms with Gasteiger partial charge >= 0.3 is 6.09 Å². The SMILES string of the molecule is C=C(CCN)COC(=O)NCC#CCC. The Morgan fingerprint density at radius 3 is 2.87 bits per heavy atom. The van der Waals surface area contributed by atoms with E-state index in [-0.39, 0.29) is 6.61 Å². The molecule has 0 saturated heterocycles. The maximum atomic E-state index is 11.0. The molecule has 0 aromatic heterocycles. The van der Waals surface area contributed by atoms with E-state index in [2.05, 4.69) is 23.7 Å². The Morgan fingerprint density at radius 2 is 2.27 bits per heavy atom. The van der Waals surface area contributed by atoms with Gasteiger partial charge in [-0.3, -0.25) is 0 Å². The topological polar surface area (TPSA) is 64.3 Å². The number of nitrogens with two attached hydrogens (primary N) is 1. The van der Waals surface area contributed by atoms with Gasteiger partial charge in [-0.15, -0.1) is 5.92 Å². The lowest BCUT2D eigenvalue weighted by molar-refractivity contribution is 0.156. The minimum Gasteiger partial charge on any atom is -0.445 e. The van der Waals surface area contributed by atoms with Crippen LogP contribution in [0.25, 0.3) is 0 Å². The molecule has 84 valence electrons. The van der Waals surface area contributed by atoms with Crippen molar-refractivity contribution in [2.45, 2.75) is 19.8 Å². The van der Waals surface area contributed by atoms with E-state index in [1.807, 2.05) is 6.92 Å². The largest absolute Gasteiger partial charge is 0.445 e. The van der Waals surface area contributed by atoms with Crippen LogP contribution in [0.3, 0.4) is 0 Å². The lowest BCUT2D eigenvalue weighted by atomic mass is 10.2. The third kappa shape index (κ3) is 8.85. The Kier molecular flexibility index (Phi) is 8.21. The fourth-order valence-corrected chi connectivity index (χ4v) is 0.799. The molecule has 4 heteroatoms. The monoisotopic (exact) mass is 210 g/mol. The summed E-state index contributed by atoms with van der Waals surface area (Å²) in [6.45, 7) is 6.71. The van der Waals surface area contributed by atoms with E-state index in [4.69, 9.17) is 10.5 Å². The van der Waals surface area contributed by atoms with Crippen LogP contribution in [0.15, 0.2) is 12.2 Å². The summed E-state index contributed by atoms with van der Waals surface area (Å²) < 4.78 is 4.86. The molecular weight excluding hydrogens is 192 g/mol. The molecule has 0 radical (unpaired) electrons. The van der Waals surface area contributed by atoms with Crippen LogP contribution in [-0.2, 0) is 4.74 Å². The molecule has 15 heavy (non-hydrogen) atoms. The molecule has 0 unspecified atom stereocenters. The van der Waals surface area contributed by atoms with Crippen molar-refractivity contribution in [3.8, 4) is 11.8 Å². The van der Waals surface area contributed by atoms with Crippen LogP contribution in [0.2, 0.25) is 0 Å². The molecule has 3 N–H and O–H groups in total. The van der Waals surface area contributed by atoms with Gasteiger partial charge in [0.25, 0.3) is 0 Å². The number of amides is 1. The molecular formula is C11H18N2O2. The molecule has 0 heterocycles. The molecule has 0 rings (SSSR count). The van der Waals surface area contributed by atoms with E-state index in [1.54, 1.807) is 0 Å². The Morgan fingerprint density at radius 1 is 1.53 bits per heavy atom. The van der Waals surface area contributed by atoms with Gasteiger partial charge in [0, 0.05) is 6.42 Å². The van der Waals surface area contributed by atoms with Crippen molar-refractivity contribution in [3.05, 3.63) is 12.2 Å². The fraction of sp³-hybridized carbons (Fsp3) is 0.545. The lowest BCUT2D eigenvalue weighted by Gasteiger charge is -2.06. The van der Waals surface area contributed by atoms with Crippen molar-refractivity contribution in [2.24, 2.45) is 5.73 Å². The maximum absolute atomic E-state index is 11.0. The third-order valence-corrected chi connectivity index (χ3v) is 1.53. The van der Waals surface area contributed by atoms with Crippen molar-refractivity contribution in [1.82, 2.24) is 5.32 Å². The summed E-state index contributed by atoms with van der Waals surface area (Å²) in [5, 5.41) is 2.51. The third-order valence-electron chi connectivity index (χ3n) is 1.53. The molecule has 0 aromatic carbocycles. The summed E-state index contributed by atoms with van der Waals surface area (Å²) in [7, 11) is 0. The van der Waals surface area contributed by atoms with Crippen LogP contribution < -0.4 is 11.1 Å². The second-order valence-electron chi connectivity index (χ2n) is 2.93. The minimum absolute atomic E-state index is 0.213. The minimum atomic E-state index is -0.474. The summed E-state index contributed by atoms with van der Waals surface area (Å²) in [6.07, 6.45) is 0.978. The average molecular weight is 210 g/mol. The highest BCUT2D eigenvalue weighted by molar-refractivity contribution is 5.67. The van der Waals surface area contributed by atoms with Gasteiger partial charge in [-0.1, -0.05) is 19.4 Å². The first-order valence-electron chi connectivity index (χ1n) is 4.93. The molecule has 0 spiro atoms. The van der Waals surface area contributed by atoms with Crippen molar-refractivity contribution < 1.29 is 9.53 Å². The Labute approximate surface area is 90.9 Å². The second-order valence-corrected chi connectivity index (χ2v) is 2.93. The van der Waals surface area contributed by atoms with Gasteiger partial charge in [0.15, 0.2) is 0 Å². The molecule has 0 aliphatic heterocycles. The van der Waals surface area contributed by atoms with Crippen LogP contribution in [0, 0.1) is 11.8 Å². The van der Waals surface area contributed by atoms with Gasteiger partial charge in [-0.2, -0.15) is 0 Å². The molecule has 0 aromatic rings. The van der Waals surface area contributed by atoms with E-state index < -0.39 is 6.09 Å². The highest BCUT2D eigenvalue weighted by atomic mass is 16.5. The highest BCUT2D eigenvalue weighted by Gasteiger charge is 2.00. The Balaban J connectivity index is 3.53. The smallest absolute Gasteiger partial charge is 0.408 e. The number of hydrogen-bond donors (Lipinski definition) is 2. The zero-order valence-electron chi connectivity index (χ0n) is 9.14. The zero-order chi connectivity index (χ0) is 11.5. The van der Waals surface area contributed by atoms with Crippen LogP contribution in [0.5, 0.6) is 0 Å². The van der Waals surface area contributed by atoms with E-state index in [9.17, 15) is 4.79 Å². The Bertz CT molecular complexity index is 263. The predicted molar refractivity (Wildman–Crippen MR) is 60.2 cm³/mol. The van der Waals surface area contributed by atoms with Gasteiger partial charge in [-0.25, -0.2) is 4.79 Å². The molecule has 0 aliphatic carbocycles. The molecule has 1 amide bonds. The zero-order valence-corrected chi connectivity index (χ0v) is 9.14. The van der Waals surface area contributed by atoms with Crippen LogP contribution >= 0.6 is 0 Å². The standard InChI is InChI=1S/C11H18N2O2/c1-3-4-5-8-13-11(14)15-9-10(2)6-7-12/h2-3,6-9,12H2,1H3,(H,13,14). The number of ether oxygens (including phenoxy) is 1. The Hall–Kier alpha value is -1.47. The van der Waals surface area contributed by atoms with E-state index in [0.717, 1.165) is 12.0 Å². The van der Waals surface area contributed by atoms with Gasteiger partial charge in [-0.05, 0) is 18.5 Å². The van der Waals surface area contributed by atoms with Crippen molar-refractivity contribution in [2.75, 3.05) is 19.7 Å². The predicted octanol–water partition coefficient (Wildman–Crippen LogP) is 1.03. The summed E-state index contributed by atoms with van der Waals surface area (Å²) in [5.41, 5.74) is 6.13. The molecule has 0 fully saturated rings. The first-order valence-corrected chi connectivity index (χ1v) is 4.93. The summed E-state index contributed by atoms with van der Waals surface area (Å²) in [5.74, 6) is 5.61. The van der Waals surface area contributed by atoms with Gasteiger partial charge in [0.2, 0.25) is 0 Å². The van der Waals surface area contributed by atoms with Crippen molar-refractivity contribution >= 4 is 6.09 Å². The van der Waals surface area contributed by atoms with E-state index in [0.29, 0.717) is 19.5 Å². The highest BCUT2D eigenvalue weighted by Crippen LogP contribution is 1.96. The fourth-order valence-electron chi connectivity index (χ4n) is 0.799. The van der Waals surface area contributed by atoms with E-state index in [1.165, 1.54) is 0 Å². The van der Waals surface area contributed by atoms with Gasteiger partial charge in [0.1, 0.15) is 6.61 Å². The van der Waals surface area contributed by atoms with Crippen LogP contribution in [0.1, 0.15) is 19.8 Å². The van der Waals surface area contributed by atoms with Crippen molar-refractivity contribution in [3.63, 3.8) is 0 Å². The van der Waals surface area contributed by atoms with Gasteiger partial charge < -0.3 is 15.8 Å². The molecule has 0 atom stereocenters. The van der Waals surface area contributed by atoms with Crippen molar-refractivity contribution in [1.29, 1.82) is 0 Å². The first kappa shape index (κ1) is 13.5. The van der Waals surface area contributed by atoms with Crippen LogP contribution in [0.4, 0.5) is 4.79 Å². The number of nitrogens with one attached hydrogen (secondary N) is 1. The summed E-state index contributed by atoms with van der Waals surface area (Å²) >= 11 is 0. The first-order chi connectivity index (χ1) is 7.20. The van der Waals surface area contributed by atoms with E-state index >= 15 is 0 Å². The molecule has 0 bridgehead atoms. The number of carbonyl (C=O) groups excluding carboxylic acids is 1. The number of rotatable bonds is 5. The summed E-state index contributed by atoms with van der Waals surface area (Å²) in [6, 6.07) is 0. The maximum Gasteiger partial charge on any atom is 0.408 e.